The lowest BCUT2D eigenvalue weighted by molar-refractivity contribution is -0.138. The van der Waals surface area contributed by atoms with E-state index in [4.69, 9.17) is 4.74 Å². The first-order valence-corrected chi connectivity index (χ1v) is 4.59. The third kappa shape index (κ3) is 3.03. The molecule has 0 aliphatic heterocycles. The SMILES string of the molecule is CCOCC(=O)c1cnccc1C(F)(F)F. The van der Waals surface area contributed by atoms with Crippen molar-refractivity contribution < 1.29 is 22.7 Å². The molecule has 0 saturated carbocycles. The van der Waals surface area contributed by atoms with Gasteiger partial charge in [0, 0.05) is 19.0 Å². The number of carbonyl (C=O) groups is 1. The van der Waals surface area contributed by atoms with Gasteiger partial charge in [0.2, 0.25) is 0 Å². The first-order chi connectivity index (χ1) is 7.46. The smallest absolute Gasteiger partial charge is 0.374 e. The van der Waals surface area contributed by atoms with Crippen LogP contribution in [-0.2, 0) is 10.9 Å². The first-order valence-electron chi connectivity index (χ1n) is 4.59. The van der Waals surface area contributed by atoms with Crippen LogP contribution in [0.25, 0.3) is 0 Å². The number of nitrogens with zero attached hydrogens (tertiary/aromatic N) is 1. The normalized spacial score (nSPS) is 11.5. The van der Waals surface area contributed by atoms with Gasteiger partial charge in [0.1, 0.15) is 6.61 Å². The molecular weight excluding hydrogens is 223 g/mol. The van der Waals surface area contributed by atoms with Crippen molar-refractivity contribution in [3.63, 3.8) is 0 Å². The average molecular weight is 233 g/mol. The molecule has 0 bridgehead atoms. The maximum Gasteiger partial charge on any atom is 0.417 e. The van der Waals surface area contributed by atoms with E-state index in [2.05, 4.69) is 4.98 Å². The lowest BCUT2D eigenvalue weighted by Gasteiger charge is -2.10. The van der Waals surface area contributed by atoms with Crippen molar-refractivity contribution in [2.24, 2.45) is 0 Å². The van der Waals surface area contributed by atoms with E-state index in [1.807, 2.05) is 0 Å². The van der Waals surface area contributed by atoms with E-state index < -0.39 is 23.1 Å². The minimum absolute atomic E-state index is 0.271. The number of hydrogen-bond donors (Lipinski definition) is 0. The van der Waals surface area contributed by atoms with Gasteiger partial charge in [0.15, 0.2) is 5.78 Å². The summed E-state index contributed by atoms with van der Waals surface area (Å²) in [6, 6.07) is 0.777. The summed E-state index contributed by atoms with van der Waals surface area (Å²) in [5.74, 6) is -0.720. The zero-order valence-electron chi connectivity index (χ0n) is 8.54. The highest BCUT2D eigenvalue weighted by atomic mass is 19.4. The van der Waals surface area contributed by atoms with E-state index in [0.717, 1.165) is 18.5 Å². The predicted octanol–water partition coefficient (Wildman–Crippen LogP) is 2.32. The second-order valence-electron chi connectivity index (χ2n) is 2.98. The number of ketones is 1. The van der Waals surface area contributed by atoms with Crippen LogP contribution in [0.5, 0.6) is 0 Å². The number of hydrogen-bond acceptors (Lipinski definition) is 3. The van der Waals surface area contributed by atoms with Crippen molar-refractivity contribution in [1.29, 1.82) is 0 Å². The largest absolute Gasteiger partial charge is 0.417 e. The van der Waals surface area contributed by atoms with E-state index in [1.54, 1.807) is 6.92 Å². The van der Waals surface area contributed by atoms with Crippen molar-refractivity contribution in [1.82, 2.24) is 4.98 Å². The van der Waals surface area contributed by atoms with Crippen LogP contribution in [0.3, 0.4) is 0 Å². The Kier molecular flexibility index (Phi) is 4.00. The molecule has 1 aromatic heterocycles. The fourth-order valence-corrected chi connectivity index (χ4v) is 1.14. The number of ether oxygens (including phenoxy) is 1. The van der Waals surface area contributed by atoms with Crippen LogP contribution in [0.4, 0.5) is 13.2 Å². The molecule has 0 spiro atoms. The topological polar surface area (TPSA) is 39.2 Å². The fourth-order valence-electron chi connectivity index (χ4n) is 1.14. The Morgan fingerprint density at radius 1 is 1.50 bits per heavy atom. The van der Waals surface area contributed by atoms with Gasteiger partial charge in [0.05, 0.1) is 11.1 Å². The molecule has 0 radical (unpaired) electrons. The molecule has 0 aromatic carbocycles. The van der Waals surface area contributed by atoms with Crippen LogP contribution >= 0.6 is 0 Å². The van der Waals surface area contributed by atoms with Crippen LogP contribution in [0.15, 0.2) is 18.5 Å². The maximum absolute atomic E-state index is 12.5. The molecule has 88 valence electrons. The van der Waals surface area contributed by atoms with Crippen LogP contribution in [0.1, 0.15) is 22.8 Å². The minimum Gasteiger partial charge on any atom is -0.374 e. The Hall–Kier alpha value is -1.43. The Labute approximate surface area is 90.2 Å². The lowest BCUT2D eigenvalue weighted by atomic mass is 10.1. The van der Waals surface area contributed by atoms with Crippen molar-refractivity contribution in [2.75, 3.05) is 13.2 Å². The van der Waals surface area contributed by atoms with E-state index in [0.29, 0.717) is 0 Å². The first kappa shape index (κ1) is 12.6. The fraction of sp³-hybridized carbons (Fsp3) is 0.400. The monoisotopic (exact) mass is 233 g/mol. The molecule has 0 saturated heterocycles. The second kappa shape index (κ2) is 5.07. The van der Waals surface area contributed by atoms with Crippen LogP contribution < -0.4 is 0 Å². The molecule has 1 aromatic rings. The molecule has 16 heavy (non-hydrogen) atoms. The highest BCUT2D eigenvalue weighted by Gasteiger charge is 2.34. The summed E-state index contributed by atoms with van der Waals surface area (Å²) >= 11 is 0. The highest BCUT2D eigenvalue weighted by Crippen LogP contribution is 2.31. The Balaban J connectivity index is 3.00. The number of halogens is 3. The van der Waals surface area contributed by atoms with Crippen LogP contribution in [-0.4, -0.2) is 24.0 Å². The van der Waals surface area contributed by atoms with Gasteiger partial charge in [-0.05, 0) is 13.0 Å². The van der Waals surface area contributed by atoms with Crippen LogP contribution in [0, 0.1) is 0 Å². The summed E-state index contributed by atoms with van der Waals surface area (Å²) in [4.78, 5) is 14.9. The molecule has 0 atom stereocenters. The van der Waals surface area contributed by atoms with Gasteiger partial charge in [-0.25, -0.2) is 0 Å². The number of rotatable bonds is 4. The van der Waals surface area contributed by atoms with Gasteiger partial charge >= 0.3 is 6.18 Å². The van der Waals surface area contributed by atoms with E-state index in [9.17, 15) is 18.0 Å². The zero-order valence-corrected chi connectivity index (χ0v) is 8.54. The van der Waals surface area contributed by atoms with Gasteiger partial charge in [-0.3, -0.25) is 9.78 Å². The molecular formula is C10H10F3NO2. The molecule has 0 aliphatic rings. The molecule has 0 unspecified atom stereocenters. The average Bonchev–Trinajstić information content (AvgIpc) is 2.24. The molecule has 0 N–H and O–H groups in total. The van der Waals surface area contributed by atoms with Gasteiger partial charge < -0.3 is 4.74 Å². The zero-order chi connectivity index (χ0) is 12.2. The van der Waals surface area contributed by atoms with Crippen molar-refractivity contribution in [3.05, 3.63) is 29.6 Å². The van der Waals surface area contributed by atoms with Crippen molar-refractivity contribution in [3.8, 4) is 0 Å². The lowest BCUT2D eigenvalue weighted by Crippen LogP contribution is -2.17. The number of carbonyl (C=O) groups excluding carboxylic acids is 1. The van der Waals surface area contributed by atoms with Gasteiger partial charge in [-0.2, -0.15) is 13.2 Å². The molecule has 1 heterocycles. The number of alkyl halides is 3. The molecule has 0 amide bonds. The number of pyridine rings is 1. The van der Waals surface area contributed by atoms with Crippen molar-refractivity contribution in [2.45, 2.75) is 13.1 Å². The summed E-state index contributed by atoms with van der Waals surface area (Å²) < 4.78 is 42.3. The van der Waals surface area contributed by atoms with E-state index in [1.165, 1.54) is 0 Å². The Morgan fingerprint density at radius 2 is 2.19 bits per heavy atom. The summed E-state index contributed by atoms with van der Waals surface area (Å²) in [5.41, 5.74) is -1.43. The third-order valence-corrected chi connectivity index (χ3v) is 1.86. The molecule has 1 rings (SSSR count). The number of Topliss-reactive ketones (excluding diaryl/α,β-unsaturated/α-hetero) is 1. The van der Waals surface area contributed by atoms with Gasteiger partial charge in [-0.1, -0.05) is 0 Å². The molecule has 3 nitrogen and oxygen atoms in total. The maximum atomic E-state index is 12.5. The Bertz CT molecular complexity index is 377. The second-order valence-corrected chi connectivity index (χ2v) is 2.98. The summed E-state index contributed by atoms with van der Waals surface area (Å²) in [5, 5.41) is 0. The molecule has 0 fully saturated rings. The quantitative estimate of drug-likeness (QED) is 0.749. The summed E-state index contributed by atoms with van der Waals surface area (Å²) in [7, 11) is 0. The minimum atomic E-state index is -4.56. The molecule has 0 aliphatic carbocycles. The van der Waals surface area contributed by atoms with Crippen LogP contribution in [0.2, 0.25) is 0 Å². The third-order valence-electron chi connectivity index (χ3n) is 1.86. The van der Waals surface area contributed by atoms with Gasteiger partial charge in [-0.15, -0.1) is 0 Å². The Morgan fingerprint density at radius 3 is 2.75 bits per heavy atom. The standard InChI is InChI=1S/C10H10F3NO2/c1-2-16-6-9(15)7-5-14-4-3-8(7)10(11,12)13/h3-5H,2,6H2,1H3. The van der Waals surface area contributed by atoms with Crippen molar-refractivity contribution >= 4 is 5.78 Å². The summed E-state index contributed by atoms with van der Waals surface area (Å²) in [6.45, 7) is 1.56. The molecule has 6 heteroatoms. The number of aromatic nitrogens is 1. The van der Waals surface area contributed by atoms with E-state index >= 15 is 0 Å². The van der Waals surface area contributed by atoms with Gasteiger partial charge in [0.25, 0.3) is 0 Å². The predicted molar refractivity (Wildman–Crippen MR) is 50.1 cm³/mol. The van der Waals surface area contributed by atoms with E-state index in [-0.39, 0.29) is 13.2 Å². The highest BCUT2D eigenvalue weighted by molar-refractivity contribution is 5.98. The summed E-state index contributed by atoms with van der Waals surface area (Å²) in [6.07, 6.45) is -2.65.